The highest BCUT2D eigenvalue weighted by atomic mass is 79.9. The molecular weight excluding hydrogens is 306 g/mol. The van der Waals surface area contributed by atoms with E-state index in [-0.39, 0.29) is 12.0 Å². The summed E-state index contributed by atoms with van der Waals surface area (Å²) in [6.45, 7) is 2.13. The standard InChI is InChI=1S/C15H20BrNO2/c1-10(11-4-2-6-13(16)8-11)17-14-7-3-5-12(9-14)15(18)19/h2,4,6,8,10,12,14,17H,3,5,7,9H2,1H3,(H,18,19). The maximum Gasteiger partial charge on any atom is 0.306 e. The summed E-state index contributed by atoms with van der Waals surface area (Å²) in [7, 11) is 0. The Morgan fingerprint density at radius 2 is 2.26 bits per heavy atom. The van der Waals surface area contributed by atoms with Crippen molar-refractivity contribution < 1.29 is 9.90 Å². The molecule has 3 nitrogen and oxygen atoms in total. The van der Waals surface area contributed by atoms with Gasteiger partial charge in [-0.25, -0.2) is 0 Å². The lowest BCUT2D eigenvalue weighted by atomic mass is 9.85. The normalized spacial score (nSPS) is 24.9. The number of hydrogen-bond acceptors (Lipinski definition) is 2. The second-order valence-corrected chi connectivity index (χ2v) is 6.26. The van der Waals surface area contributed by atoms with Gasteiger partial charge in [-0.2, -0.15) is 0 Å². The molecule has 3 unspecified atom stereocenters. The maximum absolute atomic E-state index is 11.1. The third-order valence-electron chi connectivity index (χ3n) is 3.86. The molecule has 1 aliphatic rings. The third-order valence-corrected chi connectivity index (χ3v) is 4.35. The Hall–Kier alpha value is -0.870. The number of carbonyl (C=O) groups is 1. The summed E-state index contributed by atoms with van der Waals surface area (Å²) >= 11 is 3.48. The highest BCUT2D eigenvalue weighted by Crippen LogP contribution is 2.27. The number of hydrogen-bond donors (Lipinski definition) is 2. The quantitative estimate of drug-likeness (QED) is 0.886. The third kappa shape index (κ3) is 4.05. The van der Waals surface area contributed by atoms with Crippen molar-refractivity contribution in [2.75, 3.05) is 0 Å². The van der Waals surface area contributed by atoms with Crippen LogP contribution < -0.4 is 5.32 Å². The minimum absolute atomic E-state index is 0.180. The second kappa shape index (κ2) is 6.53. The lowest BCUT2D eigenvalue weighted by Crippen LogP contribution is -2.37. The first-order valence-corrected chi connectivity index (χ1v) is 7.60. The van der Waals surface area contributed by atoms with E-state index >= 15 is 0 Å². The van der Waals surface area contributed by atoms with Crippen LogP contribution >= 0.6 is 15.9 Å². The maximum atomic E-state index is 11.1. The minimum atomic E-state index is -0.651. The van der Waals surface area contributed by atoms with Crippen molar-refractivity contribution in [2.24, 2.45) is 5.92 Å². The fourth-order valence-corrected chi connectivity index (χ4v) is 3.21. The Balaban J connectivity index is 1.95. The van der Waals surface area contributed by atoms with Gasteiger partial charge in [-0.1, -0.05) is 34.5 Å². The van der Waals surface area contributed by atoms with Gasteiger partial charge >= 0.3 is 5.97 Å². The lowest BCUT2D eigenvalue weighted by Gasteiger charge is -2.30. The fraction of sp³-hybridized carbons (Fsp3) is 0.533. The number of halogens is 1. The summed E-state index contributed by atoms with van der Waals surface area (Å²) in [4.78, 5) is 11.1. The molecule has 0 radical (unpaired) electrons. The van der Waals surface area contributed by atoms with Gasteiger partial charge in [0.05, 0.1) is 5.92 Å². The van der Waals surface area contributed by atoms with Crippen molar-refractivity contribution in [3.63, 3.8) is 0 Å². The van der Waals surface area contributed by atoms with Gasteiger partial charge in [0.25, 0.3) is 0 Å². The van der Waals surface area contributed by atoms with Gasteiger partial charge in [-0.3, -0.25) is 4.79 Å². The molecule has 1 saturated carbocycles. The largest absolute Gasteiger partial charge is 0.481 e. The highest BCUT2D eigenvalue weighted by molar-refractivity contribution is 9.10. The van der Waals surface area contributed by atoms with Gasteiger partial charge in [0.15, 0.2) is 0 Å². The van der Waals surface area contributed by atoms with Crippen LogP contribution in [-0.2, 0) is 4.79 Å². The van der Waals surface area contributed by atoms with Gasteiger partial charge < -0.3 is 10.4 Å². The second-order valence-electron chi connectivity index (χ2n) is 5.34. The first kappa shape index (κ1) is 14.5. The van der Waals surface area contributed by atoms with E-state index in [1.54, 1.807) is 0 Å². The molecule has 2 N–H and O–H groups in total. The number of nitrogens with one attached hydrogen (secondary N) is 1. The molecule has 1 aliphatic carbocycles. The van der Waals surface area contributed by atoms with Gasteiger partial charge in [0, 0.05) is 16.6 Å². The average molecular weight is 326 g/mol. The van der Waals surface area contributed by atoms with Crippen LogP contribution in [0.15, 0.2) is 28.7 Å². The van der Waals surface area contributed by atoms with Crippen molar-refractivity contribution in [3.05, 3.63) is 34.3 Å². The van der Waals surface area contributed by atoms with Crippen LogP contribution in [0, 0.1) is 5.92 Å². The van der Waals surface area contributed by atoms with Crippen LogP contribution in [0.25, 0.3) is 0 Å². The van der Waals surface area contributed by atoms with E-state index in [0.29, 0.717) is 6.04 Å². The molecule has 0 saturated heterocycles. The molecule has 0 heterocycles. The average Bonchev–Trinajstić information content (AvgIpc) is 2.39. The first-order valence-electron chi connectivity index (χ1n) is 6.80. The topological polar surface area (TPSA) is 49.3 Å². The van der Waals surface area contributed by atoms with E-state index < -0.39 is 5.97 Å². The summed E-state index contributed by atoms with van der Waals surface area (Å²) in [5, 5.41) is 12.7. The molecule has 104 valence electrons. The molecule has 19 heavy (non-hydrogen) atoms. The molecule has 0 bridgehead atoms. The Morgan fingerprint density at radius 3 is 2.95 bits per heavy atom. The molecule has 0 aliphatic heterocycles. The van der Waals surface area contributed by atoms with Crippen molar-refractivity contribution in [2.45, 2.75) is 44.7 Å². The summed E-state index contributed by atoms with van der Waals surface area (Å²) < 4.78 is 1.07. The number of rotatable bonds is 4. The van der Waals surface area contributed by atoms with Crippen LogP contribution in [0.5, 0.6) is 0 Å². The van der Waals surface area contributed by atoms with Gasteiger partial charge in [0.2, 0.25) is 0 Å². The number of carboxylic acid groups (broad SMARTS) is 1. The predicted octanol–water partition coefficient (Wildman–Crippen LogP) is 3.74. The van der Waals surface area contributed by atoms with E-state index in [2.05, 4.69) is 40.3 Å². The molecule has 2 rings (SSSR count). The van der Waals surface area contributed by atoms with Crippen LogP contribution in [0.4, 0.5) is 0 Å². The summed E-state index contributed by atoms with van der Waals surface area (Å²) in [6.07, 6.45) is 3.63. The number of carboxylic acids is 1. The van der Waals surface area contributed by atoms with E-state index in [4.69, 9.17) is 5.11 Å². The zero-order valence-electron chi connectivity index (χ0n) is 11.1. The van der Waals surface area contributed by atoms with E-state index in [9.17, 15) is 4.79 Å². The molecule has 0 amide bonds. The Kier molecular flexibility index (Phi) is 4.99. The Morgan fingerprint density at radius 1 is 1.47 bits per heavy atom. The molecule has 0 spiro atoms. The molecule has 1 fully saturated rings. The SMILES string of the molecule is CC(NC1CCCC(C(=O)O)C1)c1cccc(Br)c1. The van der Waals surface area contributed by atoms with E-state index in [0.717, 1.165) is 30.2 Å². The minimum Gasteiger partial charge on any atom is -0.481 e. The van der Waals surface area contributed by atoms with Crippen molar-refractivity contribution in [1.29, 1.82) is 0 Å². The van der Waals surface area contributed by atoms with Crippen molar-refractivity contribution in [1.82, 2.24) is 5.32 Å². The zero-order valence-corrected chi connectivity index (χ0v) is 12.7. The van der Waals surface area contributed by atoms with Gasteiger partial charge in [-0.05, 0) is 43.9 Å². The van der Waals surface area contributed by atoms with E-state index in [1.807, 2.05) is 12.1 Å². The lowest BCUT2D eigenvalue weighted by molar-refractivity contribution is -0.143. The van der Waals surface area contributed by atoms with Gasteiger partial charge in [-0.15, -0.1) is 0 Å². The smallest absolute Gasteiger partial charge is 0.306 e. The van der Waals surface area contributed by atoms with Crippen LogP contribution in [0.1, 0.15) is 44.2 Å². The van der Waals surface area contributed by atoms with Gasteiger partial charge in [0.1, 0.15) is 0 Å². The number of benzene rings is 1. The van der Waals surface area contributed by atoms with Crippen LogP contribution in [0.3, 0.4) is 0 Å². The van der Waals surface area contributed by atoms with E-state index in [1.165, 1.54) is 5.56 Å². The summed E-state index contributed by atoms with van der Waals surface area (Å²) in [5.41, 5.74) is 1.23. The monoisotopic (exact) mass is 325 g/mol. The summed E-state index contributed by atoms with van der Waals surface area (Å²) in [5.74, 6) is -0.831. The Labute approximate surface area is 122 Å². The van der Waals surface area contributed by atoms with Crippen LogP contribution in [-0.4, -0.2) is 17.1 Å². The Bertz CT molecular complexity index is 450. The predicted molar refractivity (Wildman–Crippen MR) is 79.1 cm³/mol. The molecule has 1 aromatic rings. The molecular formula is C15H20BrNO2. The van der Waals surface area contributed by atoms with Crippen molar-refractivity contribution >= 4 is 21.9 Å². The molecule has 3 atom stereocenters. The first-order chi connectivity index (χ1) is 9.06. The number of aliphatic carboxylic acids is 1. The van der Waals surface area contributed by atoms with Crippen LogP contribution in [0.2, 0.25) is 0 Å². The molecule has 4 heteroatoms. The zero-order chi connectivity index (χ0) is 13.8. The summed E-state index contributed by atoms with van der Waals surface area (Å²) in [6, 6.07) is 8.80. The highest BCUT2D eigenvalue weighted by Gasteiger charge is 2.27. The molecule has 0 aromatic heterocycles. The fourth-order valence-electron chi connectivity index (χ4n) is 2.79. The van der Waals surface area contributed by atoms with Crippen molar-refractivity contribution in [3.8, 4) is 0 Å². The molecule has 1 aromatic carbocycles.